The van der Waals surface area contributed by atoms with E-state index in [0.29, 0.717) is 19.4 Å². The van der Waals surface area contributed by atoms with Crippen LogP contribution in [0.15, 0.2) is 39.5 Å². The summed E-state index contributed by atoms with van der Waals surface area (Å²) in [6, 6.07) is 9.73. The number of benzene rings is 1. The molecule has 0 saturated carbocycles. The van der Waals surface area contributed by atoms with Gasteiger partial charge in [0.05, 0.1) is 3.79 Å². The van der Waals surface area contributed by atoms with Crippen molar-refractivity contribution in [3.05, 3.63) is 50.6 Å². The number of rotatable bonds is 5. The van der Waals surface area contributed by atoms with Gasteiger partial charge in [0.25, 0.3) is 0 Å². The van der Waals surface area contributed by atoms with Gasteiger partial charge in [0.15, 0.2) is 0 Å². The molecule has 3 nitrogen and oxygen atoms in total. The number of thiophene rings is 1. The van der Waals surface area contributed by atoms with Crippen LogP contribution in [-0.2, 0) is 17.8 Å². The van der Waals surface area contributed by atoms with E-state index in [4.69, 9.17) is 5.73 Å². The lowest BCUT2D eigenvalue weighted by molar-refractivity contribution is -0.130. The van der Waals surface area contributed by atoms with Crippen molar-refractivity contribution < 1.29 is 4.79 Å². The quantitative estimate of drug-likeness (QED) is 0.782. The van der Waals surface area contributed by atoms with Crippen LogP contribution in [0.2, 0.25) is 0 Å². The summed E-state index contributed by atoms with van der Waals surface area (Å²) in [7, 11) is 1.84. The lowest BCUT2D eigenvalue weighted by Gasteiger charge is -2.16. The van der Waals surface area contributed by atoms with Gasteiger partial charge < -0.3 is 10.6 Å². The van der Waals surface area contributed by atoms with Gasteiger partial charge in [0.1, 0.15) is 0 Å². The Bertz CT molecular complexity index is 603. The number of aryl methyl sites for hydroxylation is 1. The molecule has 1 amide bonds. The van der Waals surface area contributed by atoms with E-state index in [2.05, 4.69) is 21.3 Å². The van der Waals surface area contributed by atoms with Gasteiger partial charge in [-0.3, -0.25) is 4.79 Å². The van der Waals surface area contributed by atoms with Crippen molar-refractivity contribution in [1.29, 1.82) is 0 Å². The fraction of sp³-hybridized carbons (Fsp3) is 0.267. The Kier molecular flexibility index (Phi) is 7.22. The third kappa shape index (κ3) is 5.34. The normalized spacial score (nSPS) is 10.0. The highest BCUT2D eigenvalue weighted by molar-refractivity contribution is 9.11. The Morgan fingerprint density at radius 3 is 2.71 bits per heavy atom. The molecule has 0 unspecified atom stereocenters. The first kappa shape index (κ1) is 18.0. The zero-order valence-corrected chi connectivity index (χ0v) is 14.9. The van der Waals surface area contributed by atoms with E-state index in [1.165, 1.54) is 0 Å². The molecule has 0 aliphatic carbocycles. The lowest BCUT2D eigenvalue weighted by atomic mass is 10.1. The van der Waals surface area contributed by atoms with Crippen molar-refractivity contribution in [2.45, 2.75) is 19.4 Å². The number of nitrogen functional groups attached to an aromatic ring is 1. The van der Waals surface area contributed by atoms with E-state index < -0.39 is 0 Å². The van der Waals surface area contributed by atoms with Gasteiger partial charge >= 0.3 is 0 Å². The number of anilines is 1. The van der Waals surface area contributed by atoms with Crippen molar-refractivity contribution in [3.8, 4) is 0 Å². The van der Waals surface area contributed by atoms with Crippen molar-refractivity contribution in [1.82, 2.24) is 4.90 Å². The molecule has 0 atom stereocenters. The second kappa shape index (κ2) is 8.41. The smallest absolute Gasteiger partial charge is 0.222 e. The maximum absolute atomic E-state index is 12.1. The first-order chi connectivity index (χ1) is 9.56. The SMILES string of the molecule is CN(Cc1csc(Br)c1)C(=O)CCc1ccccc1N.Cl. The van der Waals surface area contributed by atoms with E-state index in [-0.39, 0.29) is 18.3 Å². The number of hydrogen-bond acceptors (Lipinski definition) is 3. The summed E-state index contributed by atoms with van der Waals surface area (Å²) in [6.45, 7) is 0.644. The first-order valence-corrected chi connectivity index (χ1v) is 8.04. The zero-order chi connectivity index (χ0) is 14.5. The molecule has 2 rings (SSSR count). The van der Waals surface area contributed by atoms with Gasteiger partial charge in [-0.05, 0) is 51.0 Å². The molecular weight excluding hydrogens is 372 g/mol. The first-order valence-electron chi connectivity index (χ1n) is 6.36. The minimum absolute atomic E-state index is 0. The third-order valence-corrected chi connectivity index (χ3v) is 4.68. The highest BCUT2D eigenvalue weighted by Crippen LogP contribution is 2.21. The molecule has 0 bridgehead atoms. The van der Waals surface area contributed by atoms with Gasteiger partial charge in [0.2, 0.25) is 5.91 Å². The van der Waals surface area contributed by atoms with Crippen molar-refractivity contribution in [2.24, 2.45) is 0 Å². The van der Waals surface area contributed by atoms with Gasteiger partial charge in [-0.2, -0.15) is 0 Å². The molecule has 0 fully saturated rings. The van der Waals surface area contributed by atoms with Crippen LogP contribution in [0.25, 0.3) is 0 Å². The molecule has 2 aromatic rings. The minimum atomic E-state index is 0. The maximum atomic E-state index is 12.1. The number of amides is 1. The Hall–Kier alpha value is -1.04. The molecule has 1 heterocycles. The van der Waals surface area contributed by atoms with E-state index in [1.54, 1.807) is 16.2 Å². The summed E-state index contributed by atoms with van der Waals surface area (Å²) in [6.07, 6.45) is 1.17. The van der Waals surface area contributed by atoms with Gasteiger partial charge in [0, 0.05) is 25.7 Å². The van der Waals surface area contributed by atoms with Gasteiger partial charge in [-0.15, -0.1) is 23.7 Å². The fourth-order valence-corrected chi connectivity index (χ4v) is 3.19. The summed E-state index contributed by atoms with van der Waals surface area (Å²) >= 11 is 5.06. The van der Waals surface area contributed by atoms with Crippen LogP contribution < -0.4 is 5.73 Å². The van der Waals surface area contributed by atoms with Crippen LogP contribution in [0.3, 0.4) is 0 Å². The zero-order valence-electron chi connectivity index (χ0n) is 11.7. The van der Waals surface area contributed by atoms with Crippen LogP contribution in [0.4, 0.5) is 5.69 Å². The predicted molar refractivity (Wildman–Crippen MR) is 94.9 cm³/mol. The fourth-order valence-electron chi connectivity index (χ4n) is 1.99. The minimum Gasteiger partial charge on any atom is -0.399 e. The van der Waals surface area contributed by atoms with E-state index in [1.807, 2.05) is 37.4 Å². The molecular formula is C15H18BrClN2OS. The Morgan fingerprint density at radius 2 is 2.10 bits per heavy atom. The number of halogens is 2. The van der Waals surface area contributed by atoms with Crippen LogP contribution in [0.5, 0.6) is 0 Å². The number of para-hydroxylation sites is 1. The van der Waals surface area contributed by atoms with Gasteiger partial charge in [-0.25, -0.2) is 0 Å². The number of nitrogens with zero attached hydrogens (tertiary/aromatic N) is 1. The standard InChI is InChI=1S/C15H17BrN2OS.ClH/c1-18(9-11-8-14(16)20-10-11)15(19)7-6-12-4-2-3-5-13(12)17;/h2-5,8,10H,6-7,9,17H2,1H3;1H. The molecule has 114 valence electrons. The molecule has 0 radical (unpaired) electrons. The second-order valence-corrected chi connectivity index (χ2v) is 7.00. The van der Waals surface area contributed by atoms with Crippen molar-refractivity contribution in [2.75, 3.05) is 12.8 Å². The van der Waals surface area contributed by atoms with E-state index >= 15 is 0 Å². The molecule has 0 aliphatic rings. The highest BCUT2D eigenvalue weighted by Gasteiger charge is 2.11. The Morgan fingerprint density at radius 1 is 1.38 bits per heavy atom. The summed E-state index contributed by atoms with van der Waals surface area (Å²) in [4.78, 5) is 13.9. The van der Waals surface area contributed by atoms with Crippen LogP contribution in [-0.4, -0.2) is 17.9 Å². The highest BCUT2D eigenvalue weighted by atomic mass is 79.9. The monoisotopic (exact) mass is 388 g/mol. The summed E-state index contributed by atoms with van der Waals surface area (Å²) in [5, 5.41) is 2.06. The van der Waals surface area contributed by atoms with E-state index in [0.717, 1.165) is 20.6 Å². The lowest BCUT2D eigenvalue weighted by Crippen LogP contribution is -2.26. The van der Waals surface area contributed by atoms with E-state index in [9.17, 15) is 4.79 Å². The molecule has 2 N–H and O–H groups in total. The number of carbonyl (C=O) groups is 1. The second-order valence-electron chi connectivity index (χ2n) is 4.71. The largest absolute Gasteiger partial charge is 0.399 e. The average Bonchev–Trinajstić information content (AvgIpc) is 2.82. The predicted octanol–water partition coefficient (Wildman–Crippen LogP) is 4.11. The summed E-state index contributed by atoms with van der Waals surface area (Å²) < 4.78 is 1.09. The molecule has 0 aliphatic heterocycles. The summed E-state index contributed by atoms with van der Waals surface area (Å²) in [5.41, 5.74) is 8.82. The topological polar surface area (TPSA) is 46.3 Å². The van der Waals surface area contributed by atoms with Crippen LogP contribution in [0, 0.1) is 0 Å². The Balaban J connectivity index is 0.00000220. The van der Waals surface area contributed by atoms with Crippen molar-refractivity contribution >= 4 is 51.3 Å². The summed E-state index contributed by atoms with van der Waals surface area (Å²) in [5.74, 6) is 0.135. The third-order valence-electron chi connectivity index (χ3n) is 3.13. The number of carbonyl (C=O) groups excluding carboxylic acids is 1. The Labute approximate surface area is 143 Å². The molecule has 0 spiro atoms. The van der Waals surface area contributed by atoms with Crippen LogP contribution in [0.1, 0.15) is 17.5 Å². The van der Waals surface area contributed by atoms with Crippen LogP contribution >= 0.6 is 39.7 Å². The molecule has 0 saturated heterocycles. The number of nitrogens with two attached hydrogens (primary N) is 1. The molecule has 1 aromatic heterocycles. The molecule has 21 heavy (non-hydrogen) atoms. The molecule has 1 aromatic carbocycles. The number of hydrogen-bond donors (Lipinski definition) is 1. The maximum Gasteiger partial charge on any atom is 0.222 e. The van der Waals surface area contributed by atoms with Gasteiger partial charge in [-0.1, -0.05) is 18.2 Å². The molecule has 6 heteroatoms. The van der Waals surface area contributed by atoms with Crippen molar-refractivity contribution in [3.63, 3.8) is 0 Å². The average molecular weight is 390 g/mol.